The molecule has 4 heteroatoms. The van der Waals surface area contributed by atoms with Gasteiger partial charge in [-0.05, 0) is 37.9 Å². The number of para-hydroxylation sites is 1. The molecule has 0 fully saturated rings. The van der Waals surface area contributed by atoms with Gasteiger partial charge in [0, 0.05) is 31.8 Å². The molecule has 0 spiro atoms. The van der Waals surface area contributed by atoms with E-state index in [-0.39, 0.29) is 12.0 Å². The molecule has 1 N–H and O–H groups in total. The molecule has 0 radical (unpaired) electrons. The number of hydrogen-bond acceptors (Lipinski definition) is 3. The minimum absolute atomic E-state index is 0.128. The van der Waals surface area contributed by atoms with Crippen molar-refractivity contribution >= 4 is 11.6 Å². The Labute approximate surface area is 127 Å². The molecule has 2 unspecified atom stereocenters. The van der Waals surface area contributed by atoms with Crippen LogP contribution in [-0.4, -0.2) is 32.2 Å². The summed E-state index contributed by atoms with van der Waals surface area (Å²) in [5.74, 6) is 0.196. The maximum absolute atomic E-state index is 12.5. The molecule has 1 aromatic rings. The quantitative estimate of drug-likeness (QED) is 0.876. The van der Waals surface area contributed by atoms with Crippen LogP contribution in [0.15, 0.2) is 24.3 Å². The summed E-state index contributed by atoms with van der Waals surface area (Å²) in [6.07, 6.45) is 2.40. The molecule has 0 bridgehead atoms. The van der Waals surface area contributed by atoms with E-state index in [9.17, 15) is 4.79 Å². The first-order chi connectivity index (χ1) is 10.2. The molecule has 0 saturated heterocycles. The average Bonchev–Trinajstić information content (AvgIpc) is 2.52. The fraction of sp³-hybridized carbons (Fsp3) is 0.588. The standard InChI is InChI=1S/C17H26N2O2/c1-4-18-15-11-12-19(16-8-6-5-7-14(15)16)17(20)10-9-13(2)21-3/h5-8,13,15,18H,4,9-12H2,1-3H3. The van der Waals surface area contributed by atoms with Crippen LogP contribution in [0.4, 0.5) is 5.69 Å². The Bertz CT molecular complexity index is 476. The van der Waals surface area contributed by atoms with Crippen LogP contribution in [0.25, 0.3) is 0 Å². The van der Waals surface area contributed by atoms with Gasteiger partial charge in [0.1, 0.15) is 0 Å². The van der Waals surface area contributed by atoms with Crippen LogP contribution in [0, 0.1) is 0 Å². The number of hydrogen-bond donors (Lipinski definition) is 1. The van der Waals surface area contributed by atoms with Gasteiger partial charge in [-0.2, -0.15) is 0 Å². The zero-order valence-corrected chi connectivity index (χ0v) is 13.3. The molecule has 1 aliphatic rings. The molecule has 4 nitrogen and oxygen atoms in total. The van der Waals surface area contributed by atoms with Gasteiger partial charge < -0.3 is 15.0 Å². The summed E-state index contributed by atoms with van der Waals surface area (Å²) < 4.78 is 5.23. The second kappa shape index (κ2) is 7.57. The van der Waals surface area contributed by atoms with Gasteiger partial charge in [0.25, 0.3) is 0 Å². The fourth-order valence-corrected chi connectivity index (χ4v) is 2.86. The maximum Gasteiger partial charge on any atom is 0.227 e. The van der Waals surface area contributed by atoms with E-state index in [0.717, 1.165) is 31.6 Å². The topological polar surface area (TPSA) is 41.6 Å². The smallest absolute Gasteiger partial charge is 0.227 e. The number of nitrogens with one attached hydrogen (secondary N) is 1. The highest BCUT2D eigenvalue weighted by Gasteiger charge is 2.27. The van der Waals surface area contributed by atoms with Crippen LogP contribution in [0.2, 0.25) is 0 Å². The van der Waals surface area contributed by atoms with E-state index < -0.39 is 0 Å². The first kappa shape index (κ1) is 16.0. The summed E-state index contributed by atoms with van der Waals surface area (Å²) in [7, 11) is 1.69. The van der Waals surface area contributed by atoms with Crippen molar-refractivity contribution in [3.8, 4) is 0 Å². The first-order valence-corrected chi connectivity index (χ1v) is 7.82. The van der Waals surface area contributed by atoms with Crippen LogP contribution in [0.1, 0.15) is 44.7 Å². The van der Waals surface area contributed by atoms with Gasteiger partial charge in [-0.15, -0.1) is 0 Å². The Morgan fingerprint density at radius 1 is 1.48 bits per heavy atom. The molecule has 1 amide bonds. The normalized spacial score (nSPS) is 19.2. The van der Waals surface area contributed by atoms with Gasteiger partial charge in [0.15, 0.2) is 0 Å². The lowest BCUT2D eigenvalue weighted by Gasteiger charge is -2.35. The summed E-state index contributed by atoms with van der Waals surface area (Å²) in [5, 5.41) is 3.50. The molecular weight excluding hydrogens is 264 g/mol. The highest BCUT2D eigenvalue weighted by atomic mass is 16.5. The lowest BCUT2D eigenvalue weighted by atomic mass is 9.96. The van der Waals surface area contributed by atoms with Gasteiger partial charge in [0.05, 0.1) is 6.10 Å². The monoisotopic (exact) mass is 290 g/mol. The largest absolute Gasteiger partial charge is 0.382 e. The summed E-state index contributed by atoms with van der Waals surface area (Å²) in [6.45, 7) is 5.85. The summed E-state index contributed by atoms with van der Waals surface area (Å²) in [4.78, 5) is 14.4. The van der Waals surface area contributed by atoms with E-state index in [4.69, 9.17) is 4.74 Å². The molecule has 1 aliphatic heterocycles. The van der Waals surface area contributed by atoms with Crippen molar-refractivity contribution < 1.29 is 9.53 Å². The van der Waals surface area contributed by atoms with E-state index in [2.05, 4.69) is 24.4 Å². The SMILES string of the molecule is CCNC1CCN(C(=O)CCC(C)OC)c2ccccc21. The van der Waals surface area contributed by atoms with Gasteiger partial charge >= 0.3 is 0 Å². The third kappa shape index (κ3) is 3.83. The number of benzene rings is 1. The molecule has 2 rings (SSSR count). The third-order valence-electron chi connectivity index (χ3n) is 4.16. The predicted molar refractivity (Wildman–Crippen MR) is 85.5 cm³/mol. The van der Waals surface area contributed by atoms with Crippen LogP contribution >= 0.6 is 0 Å². The van der Waals surface area contributed by atoms with Crippen molar-refractivity contribution in [3.63, 3.8) is 0 Å². The average molecular weight is 290 g/mol. The number of amides is 1. The number of methoxy groups -OCH3 is 1. The zero-order valence-electron chi connectivity index (χ0n) is 13.3. The molecule has 2 atom stereocenters. The van der Waals surface area contributed by atoms with Gasteiger partial charge in [-0.1, -0.05) is 25.1 Å². The highest BCUT2D eigenvalue weighted by Crippen LogP contribution is 2.34. The van der Waals surface area contributed by atoms with Crippen molar-refractivity contribution in [2.75, 3.05) is 25.1 Å². The second-order valence-corrected chi connectivity index (χ2v) is 5.59. The molecule has 116 valence electrons. The minimum atomic E-state index is 0.128. The number of anilines is 1. The molecule has 1 heterocycles. The number of fused-ring (bicyclic) bond motifs is 1. The third-order valence-corrected chi connectivity index (χ3v) is 4.16. The Hall–Kier alpha value is -1.39. The van der Waals surface area contributed by atoms with Gasteiger partial charge in [-0.3, -0.25) is 4.79 Å². The van der Waals surface area contributed by atoms with Crippen molar-refractivity contribution in [1.82, 2.24) is 5.32 Å². The number of carbonyl (C=O) groups is 1. The molecular formula is C17H26N2O2. The fourth-order valence-electron chi connectivity index (χ4n) is 2.86. The van der Waals surface area contributed by atoms with E-state index in [0.29, 0.717) is 12.5 Å². The highest BCUT2D eigenvalue weighted by molar-refractivity contribution is 5.94. The minimum Gasteiger partial charge on any atom is -0.382 e. The number of ether oxygens (including phenoxy) is 1. The second-order valence-electron chi connectivity index (χ2n) is 5.59. The zero-order chi connectivity index (χ0) is 15.2. The van der Waals surface area contributed by atoms with Crippen molar-refractivity contribution in [3.05, 3.63) is 29.8 Å². The first-order valence-electron chi connectivity index (χ1n) is 7.82. The maximum atomic E-state index is 12.5. The van der Waals surface area contributed by atoms with Gasteiger partial charge in [-0.25, -0.2) is 0 Å². The van der Waals surface area contributed by atoms with E-state index in [1.807, 2.05) is 24.0 Å². The van der Waals surface area contributed by atoms with Crippen LogP contribution in [-0.2, 0) is 9.53 Å². The lowest BCUT2D eigenvalue weighted by molar-refractivity contribution is -0.119. The van der Waals surface area contributed by atoms with Crippen molar-refractivity contribution in [1.29, 1.82) is 0 Å². The van der Waals surface area contributed by atoms with Gasteiger partial charge in [0.2, 0.25) is 5.91 Å². The number of carbonyl (C=O) groups excluding carboxylic acids is 1. The van der Waals surface area contributed by atoms with Crippen molar-refractivity contribution in [2.45, 2.75) is 45.3 Å². The number of nitrogens with zero attached hydrogens (tertiary/aromatic N) is 1. The molecule has 0 aromatic heterocycles. The van der Waals surface area contributed by atoms with Crippen LogP contribution < -0.4 is 10.2 Å². The van der Waals surface area contributed by atoms with Crippen LogP contribution in [0.5, 0.6) is 0 Å². The lowest BCUT2D eigenvalue weighted by Crippen LogP contribution is -2.39. The van der Waals surface area contributed by atoms with E-state index >= 15 is 0 Å². The van der Waals surface area contributed by atoms with Crippen LogP contribution in [0.3, 0.4) is 0 Å². The Morgan fingerprint density at radius 3 is 2.95 bits per heavy atom. The summed E-state index contributed by atoms with van der Waals surface area (Å²) >= 11 is 0. The Kier molecular flexibility index (Phi) is 5.76. The summed E-state index contributed by atoms with van der Waals surface area (Å²) in [5.41, 5.74) is 2.29. The Morgan fingerprint density at radius 2 is 2.24 bits per heavy atom. The molecule has 21 heavy (non-hydrogen) atoms. The number of rotatable bonds is 6. The Balaban J connectivity index is 2.11. The molecule has 0 saturated carbocycles. The van der Waals surface area contributed by atoms with E-state index in [1.54, 1.807) is 7.11 Å². The molecule has 1 aromatic carbocycles. The molecule has 0 aliphatic carbocycles. The van der Waals surface area contributed by atoms with E-state index in [1.165, 1.54) is 5.56 Å². The predicted octanol–water partition coefficient (Wildman–Crippen LogP) is 2.89. The summed E-state index contributed by atoms with van der Waals surface area (Å²) in [6, 6.07) is 8.58. The van der Waals surface area contributed by atoms with Crippen molar-refractivity contribution in [2.24, 2.45) is 0 Å².